The van der Waals surface area contributed by atoms with Crippen LogP contribution in [-0.4, -0.2) is 21.9 Å². The van der Waals surface area contributed by atoms with Crippen LogP contribution in [0.5, 0.6) is 5.75 Å². The van der Waals surface area contributed by atoms with Crippen molar-refractivity contribution >= 4 is 29.0 Å². The van der Waals surface area contributed by atoms with Crippen LogP contribution in [0.1, 0.15) is 35.4 Å². The van der Waals surface area contributed by atoms with E-state index in [4.69, 9.17) is 9.15 Å². The molecule has 32 heavy (non-hydrogen) atoms. The lowest BCUT2D eigenvalue weighted by Gasteiger charge is -2.17. The Morgan fingerprint density at radius 2 is 1.91 bits per heavy atom. The van der Waals surface area contributed by atoms with Crippen LogP contribution in [0.25, 0.3) is 0 Å². The van der Waals surface area contributed by atoms with Gasteiger partial charge in [-0.25, -0.2) is 4.39 Å². The van der Waals surface area contributed by atoms with E-state index < -0.39 is 11.9 Å². The van der Waals surface area contributed by atoms with Gasteiger partial charge in [0.2, 0.25) is 5.91 Å². The van der Waals surface area contributed by atoms with Crippen molar-refractivity contribution in [3.63, 3.8) is 0 Å². The van der Waals surface area contributed by atoms with E-state index >= 15 is 0 Å². The Labute approximate surface area is 192 Å². The van der Waals surface area contributed by atoms with Gasteiger partial charge >= 0.3 is 0 Å². The SMILES string of the molecule is C[C@@H](Oc1ccccc1F)c1nnc(SCC(=O)N[C@H](c2ccccc2)c2cccs2)o1. The maximum absolute atomic E-state index is 13.8. The molecular formula is C23H20FN3O3S2. The van der Waals surface area contributed by atoms with Crippen LogP contribution in [0.15, 0.2) is 81.8 Å². The molecule has 0 aliphatic rings. The second kappa shape index (κ2) is 10.4. The van der Waals surface area contributed by atoms with E-state index in [9.17, 15) is 9.18 Å². The van der Waals surface area contributed by atoms with Gasteiger partial charge in [0.15, 0.2) is 17.7 Å². The lowest BCUT2D eigenvalue weighted by Crippen LogP contribution is -2.30. The number of halogens is 1. The Balaban J connectivity index is 1.35. The molecule has 0 unspecified atom stereocenters. The van der Waals surface area contributed by atoms with Crippen LogP contribution < -0.4 is 10.1 Å². The van der Waals surface area contributed by atoms with Crippen molar-refractivity contribution in [1.82, 2.24) is 15.5 Å². The second-order valence-corrected chi connectivity index (χ2v) is 8.72. The van der Waals surface area contributed by atoms with Crippen molar-refractivity contribution in [2.75, 3.05) is 5.75 Å². The molecule has 0 saturated heterocycles. The van der Waals surface area contributed by atoms with Gasteiger partial charge in [0.1, 0.15) is 0 Å². The van der Waals surface area contributed by atoms with Gasteiger partial charge in [-0.1, -0.05) is 60.3 Å². The van der Waals surface area contributed by atoms with Crippen molar-refractivity contribution in [3.05, 3.63) is 94.3 Å². The quantitative estimate of drug-likeness (QED) is 0.330. The third-order valence-electron chi connectivity index (χ3n) is 4.50. The highest BCUT2D eigenvalue weighted by atomic mass is 32.2. The fourth-order valence-electron chi connectivity index (χ4n) is 2.97. The maximum atomic E-state index is 13.8. The molecule has 9 heteroatoms. The van der Waals surface area contributed by atoms with Gasteiger partial charge in [-0.05, 0) is 36.1 Å². The van der Waals surface area contributed by atoms with Crippen LogP contribution >= 0.6 is 23.1 Å². The zero-order valence-electron chi connectivity index (χ0n) is 17.1. The number of nitrogens with zero attached hydrogens (tertiary/aromatic N) is 2. The summed E-state index contributed by atoms with van der Waals surface area (Å²) in [5.41, 5.74) is 1.01. The fraction of sp³-hybridized carbons (Fsp3) is 0.174. The normalized spacial score (nSPS) is 12.8. The summed E-state index contributed by atoms with van der Waals surface area (Å²) in [5.74, 6) is -0.209. The Morgan fingerprint density at radius 3 is 2.66 bits per heavy atom. The molecule has 0 spiro atoms. The summed E-state index contributed by atoms with van der Waals surface area (Å²) in [7, 11) is 0. The van der Waals surface area contributed by atoms with Gasteiger partial charge in [-0.15, -0.1) is 21.5 Å². The number of benzene rings is 2. The van der Waals surface area contributed by atoms with Gasteiger partial charge in [0.25, 0.3) is 11.1 Å². The number of ether oxygens (including phenoxy) is 1. The standard InChI is InChI=1S/C23H20FN3O3S2/c1-15(29-18-11-6-5-10-17(18)24)22-26-27-23(30-22)32-14-20(28)25-21(19-12-7-13-31-19)16-8-3-2-4-9-16/h2-13,15,21H,14H2,1H3,(H,25,28)/t15-,21-/m1/s1. The van der Waals surface area contributed by atoms with Crippen molar-refractivity contribution in [2.24, 2.45) is 0 Å². The smallest absolute Gasteiger partial charge is 0.277 e. The first-order valence-corrected chi connectivity index (χ1v) is 11.7. The fourth-order valence-corrected chi connectivity index (χ4v) is 4.36. The summed E-state index contributed by atoms with van der Waals surface area (Å²) < 4.78 is 24.9. The lowest BCUT2D eigenvalue weighted by molar-refractivity contribution is -0.119. The van der Waals surface area contributed by atoms with Crippen molar-refractivity contribution in [3.8, 4) is 5.75 Å². The highest BCUT2D eigenvalue weighted by molar-refractivity contribution is 7.99. The van der Waals surface area contributed by atoms with E-state index in [-0.39, 0.29) is 34.6 Å². The Bertz CT molecular complexity index is 1150. The molecule has 0 aliphatic heterocycles. The Morgan fingerprint density at radius 1 is 1.12 bits per heavy atom. The molecule has 0 bridgehead atoms. The molecule has 6 nitrogen and oxygen atoms in total. The molecule has 2 heterocycles. The van der Waals surface area contributed by atoms with Crippen LogP contribution in [0, 0.1) is 5.82 Å². The van der Waals surface area contributed by atoms with Crippen LogP contribution in [-0.2, 0) is 4.79 Å². The number of amides is 1. The summed E-state index contributed by atoms with van der Waals surface area (Å²) in [6, 6.07) is 19.6. The number of thiophene rings is 1. The number of carbonyl (C=O) groups excluding carboxylic acids is 1. The van der Waals surface area contributed by atoms with E-state index in [0.717, 1.165) is 22.2 Å². The number of nitrogens with one attached hydrogen (secondary N) is 1. The van der Waals surface area contributed by atoms with Crippen molar-refractivity contribution in [2.45, 2.75) is 24.3 Å². The van der Waals surface area contributed by atoms with Crippen LogP contribution in [0.3, 0.4) is 0 Å². The maximum Gasteiger partial charge on any atom is 0.277 e. The molecule has 1 N–H and O–H groups in total. The highest BCUT2D eigenvalue weighted by Crippen LogP contribution is 2.28. The molecule has 0 aliphatic carbocycles. The van der Waals surface area contributed by atoms with Crippen molar-refractivity contribution < 1.29 is 18.3 Å². The monoisotopic (exact) mass is 469 g/mol. The number of rotatable bonds is 9. The second-order valence-electron chi connectivity index (χ2n) is 6.81. The highest BCUT2D eigenvalue weighted by Gasteiger charge is 2.20. The molecular weight excluding hydrogens is 449 g/mol. The molecule has 0 fully saturated rings. The van der Waals surface area contributed by atoms with Gasteiger partial charge in [-0.2, -0.15) is 0 Å². The third kappa shape index (κ3) is 5.54. The molecule has 4 aromatic rings. The van der Waals surface area contributed by atoms with E-state index in [2.05, 4.69) is 15.5 Å². The first-order chi connectivity index (χ1) is 15.6. The van der Waals surface area contributed by atoms with Gasteiger partial charge < -0.3 is 14.5 Å². The molecule has 2 aromatic heterocycles. The average molecular weight is 470 g/mol. The third-order valence-corrected chi connectivity index (χ3v) is 6.26. The van der Waals surface area contributed by atoms with E-state index in [1.807, 2.05) is 47.8 Å². The van der Waals surface area contributed by atoms with Crippen LogP contribution in [0.4, 0.5) is 4.39 Å². The van der Waals surface area contributed by atoms with E-state index in [0.29, 0.717) is 0 Å². The number of aromatic nitrogens is 2. The molecule has 2 aromatic carbocycles. The zero-order chi connectivity index (χ0) is 22.3. The number of para-hydroxylation sites is 1. The van der Waals surface area contributed by atoms with Crippen molar-refractivity contribution in [1.29, 1.82) is 0 Å². The molecule has 4 rings (SSSR count). The predicted molar refractivity (Wildman–Crippen MR) is 121 cm³/mol. The van der Waals surface area contributed by atoms with E-state index in [1.54, 1.807) is 30.4 Å². The summed E-state index contributed by atoms with van der Waals surface area (Å²) in [6.45, 7) is 1.69. The number of thioether (sulfide) groups is 1. The van der Waals surface area contributed by atoms with Crippen LogP contribution in [0.2, 0.25) is 0 Å². The minimum Gasteiger partial charge on any atom is -0.478 e. The summed E-state index contributed by atoms with van der Waals surface area (Å²) in [4.78, 5) is 13.7. The zero-order valence-corrected chi connectivity index (χ0v) is 18.7. The predicted octanol–water partition coefficient (Wildman–Crippen LogP) is 5.41. The average Bonchev–Trinajstić information content (AvgIpc) is 3.51. The molecule has 0 radical (unpaired) electrons. The minimum absolute atomic E-state index is 0.104. The minimum atomic E-state index is -0.635. The summed E-state index contributed by atoms with van der Waals surface area (Å²) >= 11 is 2.72. The largest absolute Gasteiger partial charge is 0.478 e. The first-order valence-electron chi connectivity index (χ1n) is 9.85. The molecule has 164 valence electrons. The number of carbonyl (C=O) groups is 1. The van der Waals surface area contributed by atoms with Gasteiger partial charge in [0, 0.05) is 4.88 Å². The topological polar surface area (TPSA) is 77.2 Å². The Hall–Kier alpha value is -3.17. The number of hydrogen-bond acceptors (Lipinski definition) is 7. The lowest BCUT2D eigenvalue weighted by atomic mass is 10.1. The van der Waals surface area contributed by atoms with E-state index in [1.165, 1.54) is 12.1 Å². The summed E-state index contributed by atoms with van der Waals surface area (Å²) in [6.07, 6.45) is -0.635. The summed E-state index contributed by atoms with van der Waals surface area (Å²) in [5, 5.41) is 13.2. The van der Waals surface area contributed by atoms with Gasteiger partial charge in [0.05, 0.1) is 11.8 Å². The molecule has 0 saturated carbocycles. The molecule has 1 amide bonds. The number of hydrogen-bond donors (Lipinski definition) is 1. The Kier molecular flexibility index (Phi) is 7.18. The first kappa shape index (κ1) is 22.0. The molecule has 2 atom stereocenters. The van der Waals surface area contributed by atoms with Gasteiger partial charge in [-0.3, -0.25) is 4.79 Å².